The molecular weight excluding hydrogens is 356 g/mol. The Balaban J connectivity index is 0.00000210. The van der Waals surface area contributed by atoms with Gasteiger partial charge in [-0.3, -0.25) is 4.79 Å². The highest BCUT2D eigenvalue weighted by atomic mass is 35.5. The molecule has 1 aliphatic carbocycles. The van der Waals surface area contributed by atoms with E-state index in [1.807, 2.05) is 0 Å². The minimum absolute atomic E-state index is 0. The number of likely N-dealkylation sites (tertiary alicyclic amines) is 1. The molecule has 146 valence electrons. The monoisotopic (exact) mass is 386 g/mol. The van der Waals surface area contributed by atoms with Gasteiger partial charge in [0.25, 0.3) is 0 Å². The maximum Gasteiger partial charge on any atom is 0.223 e. The van der Waals surface area contributed by atoms with E-state index in [1.54, 1.807) is 0 Å². The minimum Gasteiger partial charge on any atom is -0.339 e. The van der Waals surface area contributed by atoms with Gasteiger partial charge in [-0.05, 0) is 42.0 Å². The third-order valence-electron chi connectivity index (χ3n) is 6.26. The number of carbonyl (C=O) groups is 1. The fraction of sp³-hybridized carbons (Fsp3) is 0.522. The van der Waals surface area contributed by atoms with Gasteiger partial charge < -0.3 is 10.2 Å². The molecule has 2 aliphatic rings. The molecule has 4 rings (SSSR count). The fourth-order valence-electron chi connectivity index (χ4n) is 4.77. The van der Waals surface area contributed by atoms with Crippen molar-refractivity contribution in [1.29, 1.82) is 0 Å². The number of rotatable bonds is 5. The molecule has 1 N–H and O–H groups in total. The van der Waals surface area contributed by atoms with Crippen molar-refractivity contribution in [1.82, 2.24) is 10.2 Å². The summed E-state index contributed by atoms with van der Waals surface area (Å²) < 4.78 is 0. The largest absolute Gasteiger partial charge is 0.339 e. The van der Waals surface area contributed by atoms with Crippen LogP contribution in [0.25, 0.3) is 10.8 Å². The fourth-order valence-corrected chi connectivity index (χ4v) is 4.77. The van der Waals surface area contributed by atoms with Crippen molar-refractivity contribution in [2.45, 2.75) is 57.5 Å². The van der Waals surface area contributed by atoms with Gasteiger partial charge in [0, 0.05) is 31.6 Å². The topological polar surface area (TPSA) is 32.3 Å². The molecule has 1 amide bonds. The summed E-state index contributed by atoms with van der Waals surface area (Å²) in [5.74, 6) is 0.823. The van der Waals surface area contributed by atoms with Gasteiger partial charge in [0.1, 0.15) is 0 Å². The molecule has 2 atom stereocenters. The molecule has 4 heteroatoms. The Bertz CT molecular complexity index is 767. The molecule has 0 aromatic heterocycles. The predicted octanol–water partition coefficient (Wildman–Crippen LogP) is 5.09. The molecule has 1 aliphatic heterocycles. The summed E-state index contributed by atoms with van der Waals surface area (Å²) in [5.41, 5.74) is 1.34. The van der Waals surface area contributed by atoms with Crippen LogP contribution in [-0.2, 0) is 4.79 Å². The third-order valence-corrected chi connectivity index (χ3v) is 6.26. The van der Waals surface area contributed by atoms with Crippen molar-refractivity contribution in [2.75, 3.05) is 13.1 Å². The summed E-state index contributed by atoms with van der Waals surface area (Å²) in [5, 5.41) is 6.31. The van der Waals surface area contributed by atoms with Gasteiger partial charge >= 0.3 is 0 Å². The van der Waals surface area contributed by atoms with Crippen molar-refractivity contribution in [3.8, 4) is 0 Å². The number of amides is 1. The first-order valence-electron chi connectivity index (χ1n) is 10.2. The molecule has 2 aromatic rings. The number of nitrogens with one attached hydrogen (secondary N) is 1. The van der Waals surface area contributed by atoms with Gasteiger partial charge in [0.05, 0.1) is 0 Å². The number of carbonyl (C=O) groups excluding carboxylic acids is 1. The van der Waals surface area contributed by atoms with Gasteiger partial charge in [-0.2, -0.15) is 0 Å². The highest BCUT2D eigenvalue weighted by molar-refractivity contribution is 5.86. The highest BCUT2D eigenvalue weighted by Crippen LogP contribution is 2.29. The van der Waals surface area contributed by atoms with Crippen LogP contribution in [-0.4, -0.2) is 29.9 Å². The van der Waals surface area contributed by atoms with Crippen LogP contribution in [0.15, 0.2) is 42.5 Å². The van der Waals surface area contributed by atoms with Crippen LogP contribution in [0.5, 0.6) is 0 Å². The zero-order valence-corrected chi connectivity index (χ0v) is 17.0. The number of fused-ring (bicyclic) bond motifs is 1. The summed E-state index contributed by atoms with van der Waals surface area (Å²) in [7, 11) is 0. The minimum atomic E-state index is 0. The maximum atomic E-state index is 12.5. The van der Waals surface area contributed by atoms with Crippen LogP contribution < -0.4 is 5.32 Å². The molecule has 3 nitrogen and oxygen atoms in total. The predicted molar refractivity (Wildman–Crippen MR) is 114 cm³/mol. The average Bonchev–Trinajstić information content (AvgIpc) is 3.07. The Morgan fingerprint density at radius 2 is 1.81 bits per heavy atom. The van der Waals surface area contributed by atoms with E-state index in [2.05, 4.69) is 59.6 Å². The summed E-state index contributed by atoms with van der Waals surface area (Å²) >= 11 is 0. The zero-order chi connectivity index (χ0) is 17.9. The van der Waals surface area contributed by atoms with Crippen molar-refractivity contribution >= 4 is 29.1 Å². The van der Waals surface area contributed by atoms with Crippen LogP contribution in [0.3, 0.4) is 0 Å². The molecular formula is C23H31ClN2O. The lowest BCUT2D eigenvalue weighted by molar-refractivity contribution is -0.130. The summed E-state index contributed by atoms with van der Waals surface area (Å²) in [6.45, 7) is 4.09. The molecule has 1 saturated carbocycles. The quantitative estimate of drug-likeness (QED) is 0.775. The lowest BCUT2D eigenvalue weighted by Crippen LogP contribution is -2.38. The second kappa shape index (κ2) is 9.07. The van der Waals surface area contributed by atoms with Crippen LogP contribution in [0.4, 0.5) is 0 Å². The summed E-state index contributed by atoms with van der Waals surface area (Å²) in [4.78, 5) is 14.7. The van der Waals surface area contributed by atoms with E-state index >= 15 is 0 Å². The van der Waals surface area contributed by atoms with Gasteiger partial charge in [0.15, 0.2) is 0 Å². The second-order valence-electron chi connectivity index (χ2n) is 8.11. The highest BCUT2D eigenvalue weighted by Gasteiger charge is 2.34. The molecule has 0 spiro atoms. The van der Waals surface area contributed by atoms with E-state index < -0.39 is 0 Å². The van der Waals surface area contributed by atoms with Gasteiger partial charge in [-0.25, -0.2) is 0 Å². The smallest absolute Gasteiger partial charge is 0.223 e. The molecule has 1 heterocycles. The Morgan fingerprint density at radius 3 is 2.63 bits per heavy atom. The molecule has 0 bridgehead atoms. The van der Waals surface area contributed by atoms with Gasteiger partial charge in [-0.1, -0.05) is 61.7 Å². The van der Waals surface area contributed by atoms with E-state index in [1.165, 1.54) is 48.4 Å². The molecule has 1 unspecified atom stereocenters. The first kappa shape index (κ1) is 20.2. The Morgan fingerprint density at radius 1 is 1.07 bits per heavy atom. The van der Waals surface area contributed by atoms with Crippen LogP contribution in [0.2, 0.25) is 0 Å². The Hall–Kier alpha value is -1.58. The molecule has 2 fully saturated rings. The van der Waals surface area contributed by atoms with Crippen molar-refractivity contribution in [2.24, 2.45) is 5.92 Å². The Labute approximate surface area is 168 Å². The average molecular weight is 387 g/mol. The van der Waals surface area contributed by atoms with E-state index in [-0.39, 0.29) is 12.4 Å². The summed E-state index contributed by atoms with van der Waals surface area (Å²) in [6, 6.07) is 15.9. The number of halogens is 1. The van der Waals surface area contributed by atoms with Gasteiger partial charge in [-0.15, -0.1) is 12.4 Å². The van der Waals surface area contributed by atoms with E-state index in [4.69, 9.17) is 0 Å². The van der Waals surface area contributed by atoms with Gasteiger partial charge in [0.2, 0.25) is 5.91 Å². The van der Waals surface area contributed by atoms with Crippen molar-refractivity contribution in [3.05, 3.63) is 48.0 Å². The second-order valence-corrected chi connectivity index (χ2v) is 8.11. The lowest BCUT2D eigenvalue weighted by Gasteiger charge is -2.31. The standard InChI is InChI=1S/C23H30N2O.ClH/c1-17(21-13-7-9-19-8-5-6-12-22(19)21)24-15-18-14-23(26)25(16-18)20-10-3-2-4-11-20;/h5-9,12-13,17-18,20,24H,2-4,10-11,14-16H2,1H3;1H/t17-,18?;/m1./s1. The molecule has 1 saturated heterocycles. The van der Waals surface area contributed by atoms with Crippen molar-refractivity contribution in [3.63, 3.8) is 0 Å². The van der Waals surface area contributed by atoms with E-state index in [0.29, 0.717) is 30.3 Å². The lowest BCUT2D eigenvalue weighted by atomic mass is 9.94. The number of nitrogens with zero attached hydrogens (tertiary/aromatic N) is 1. The maximum absolute atomic E-state index is 12.5. The van der Waals surface area contributed by atoms with Crippen LogP contribution >= 0.6 is 12.4 Å². The Kier molecular flexibility index (Phi) is 6.78. The first-order chi connectivity index (χ1) is 12.7. The normalized spacial score (nSPS) is 22.0. The number of benzene rings is 2. The molecule has 0 radical (unpaired) electrons. The summed E-state index contributed by atoms with van der Waals surface area (Å²) in [6.07, 6.45) is 7.04. The SMILES string of the molecule is C[C@@H](NCC1CC(=O)N(C2CCCCC2)C1)c1cccc2ccccc12.Cl. The van der Waals surface area contributed by atoms with E-state index in [9.17, 15) is 4.79 Å². The van der Waals surface area contributed by atoms with Crippen LogP contribution in [0.1, 0.15) is 57.1 Å². The van der Waals surface area contributed by atoms with E-state index in [0.717, 1.165) is 13.1 Å². The third kappa shape index (κ3) is 4.47. The van der Waals surface area contributed by atoms with Crippen molar-refractivity contribution < 1.29 is 4.79 Å². The molecule has 2 aromatic carbocycles. The first-order valence-corrected chi connectivity index (χ1v) is 10.2. The number of hydrogen-bond acceptors (Lipinski definition) is 2. The zero-order valence-electron chi connectivity index (χ0n) is 16.2. The number of hydrogen-bond donors (Lipinski definition) is 1. The molecule has 27 heavy (non-hydrogen) atoms. The van der Waals surface area contributed by atoms with Crippen LogP contribution in [0, 0.1) is 5.92 Å².